The number of phenolic OH excluding ortho intramolecular Hbond substituents is 1. The summed E-state index contributed by atoms with van der Waals surface area (Å²) in [6, 6.07) is 30.9. The van der Waals surface area contributed by atoms with E-state index in [-0.39, 0.29) is 29.9 Å². The molecule has 58 heavy (non-hydrogen) atoms. The number of carbonyl (C=O) groups is 2. The molecular formula is C46H51N5O7. The SMILES string of the molecule is O=C(NC(c1ccccc1)c1cccc(OCc2cccc(C(=O)N3CCC(CNC[C@@H](O)c4ccc(O)c5[nH]c(=O)ccc45)CC3)c2)c1)O[C@H]1CN2CCC1CC2. The average Bonchev–Trinajstić information content (AvgIpc) is 3.26. The number of likely N-dealkylation sites (tertiary alicyclic amines) is 1. The van der Waals surface area contributed by atoms with Gasteiger partial charge in [-0.15, -0.1) is 0 Å². The predicted molar refractivity (Wildman–Crippen MR) is 221 cm³/mol. The van der Waals surface area contributed by atoms with Gasteiger partial charge in [0.1, 0.15) is 24.2 Å². The Hall–Kier alpha value is -5.69. The van der Waals surface area contributed by atoms with Crippen molar-refractivity contribution in [2.24, 2.45) is 11.8 Å². The highest BCUT2D eigenvalue weighted by Crippen LogP contribution is 2.32. The zero-order valence-corrected chi connectivity index (χ0v) is 32.5. The Bertz CT molecular complexity index is 2270. The van der Waals surface area contributed by atoms with Gasteiger partial charge in [-0.05, 0) is 116 Å². The van der Waals surface area contributed by atoms with Crippen molar-refractivity contribution < 1.29 is 29.3 Å². The van der Waals surface area contributed by atoms with E-state index in [1.54, 1.807) is 12.1 Å². The maximum absolute atomic E-state index is 13.6. The van der Waals surface area contributed by atoms with Gasteiger partial charge in [0, 0.05) is 43.2 Å². The van der Waals surface area contributed by atoms with Crippen LogP contribution in [-0.4, -0.2) is 88.9 Å². The molecule has 4 fully saturated rings. The van der Waals surface area contributed by atoms with Crippen LogP contribution in [0, 0.1) is 11.8 Å². The predicted octanol–water partition coefficient (Wildman–Crippen LogP) is 5.90. The highest BCUT2D eigenvalue weighted by molar-refractivity contribution is 5.94. The number of aliphatic hydroxyl groups is 1. The van der Waals surface area contributed by atoms with Crippen molar-refractivity contribution in [2.45, 2.75) is 50.5 Å². The standard InChI is InChI=1S/C46H51N5O7/c52-39-14-12-37(38-13-15-42(54)48-44(38)39)40(53)27-47-26-30-16-22-51(23-17-30)45(55)35-10-4-6-31(24-35)29-57-36-11-5-9-34(25-36)43(33-7-2-1-3-8-33)49-46(56)58-41-28-50-20-18-32(41)19-21-50/h1-15,24-25,30,32,40-41,43,47,52-53H,16-23,26-29H2,(H,48,54)(H,49,56)/t40-,41+,43?/m1/s1. The summed E-state index contributed by atoms with van der Waals surface area (Å²) in [6.45, 7) is 5.52. The molecule has 4 saturated heterocycles. The molecule has 1 unspecified atom stereocenters. The van der Waals surface area contributed by atoms with E-state index in [1.165, 1.54) is 12.1 Å². The van der Waals surface area contributed by atoms with Crippen LogP contribution in [-0.2, 0) is 11.3 Å². The van der Waals surface area contributed by atoms with Gasteiger partial charge in [0.25, 0.3) is 5.91 Å². The molecule has 9 rings (SSSR count). The number of alkyl carbamates (subject to hydrolysis) is 1. The number of hydrogen-bond acceptors (Lipinski definition) is 9. The van der Waals surface area contributed by atoms with Crippen LogP contribution < -0.4 is 20.9 Å². The summed E-state index contributed by atoms with van der Waals surface area (Å²) < 4.78 is 12.3. The lowest BCUT2D eigenvalue weighted by Gasteiger charge is -2.43. The molecule has 302 valence electrons. The van der Waals surface area contributed by atoms with E-state index in [0.29, 0.717) is 65.8 Å². The molecule has 2 bridgehead atoms. The summed E-state index contributed by atoms with van der Waals surface area (Å²) in [5, 5.41) is 28.2. The van der Waals surface area contributed by atoms with Crippen molar-refractivity contribution in [2.75, 3.05) is 45.8 Å². The third-order valence-electron chi connectivity index (χ3n) is 12.0. The Morgan fingerprint density at radius 2 is 1.62 bits per heavy atom. The highest BCUT2D eigenvalue weighted by atomic mass is 16.6. The molecule has 12 heteroatoms. The van der Waals surface area contributed by atoms with Gasteiger partial charge in [-0.25, -0.2) is 4.79 Å². The summed E-state index contributed by atoms with van der Waals surface area (Å²) >= 11 is 0. The summed E-state index contributed by atoms with van der Waals surface area (Å²) in [4.78, 5) is 45.5. The maximum atomic E-state index is 13.6. The Morgan fingerprint density at radius 1 is 0.845 bits per heavy atom. The van der Waals surface area contributed by atoms with Crippen LogP contribution in [0.4, 0.5) is 4.79 Å². The molecule has 4 aromatic carbocycles. The zero-order valence-electron chi connectivity index (χ0n) is 32.5. The molecule has 5 heterocycles. The van der Waals surface area contributed by atoms with Crippen LogP contribution in [0.3, 0.4) is 0 Å². The van der Waals surface area contributed by atoms with Crippen LogP contribution in [0.1, 0.15) is 70.4 Å². The third kappa shape index (κ3) is 9.20. The fourth-order valence-corrected chi connectivity index (χ4v) is 8.69. The molecule has 3 atom stereocenters. The number of benzene rings is 4. The monoisotopic (exact) mass is 785 g/mol. The number of carbonyl (C=O) groups excluding carboxylic acids is 2. The number of aromatic hydroxyl groups is 1. The molecule has 4 aliphatic rings. The van der Waals surface area contributed by atoms with Crippen LogP contribution in [0.2, 0.25) is 0 Å². The molecule has 0 spiro atoms. The molecule has 0 radical (unpaired) electrons. The smallest absolute Gasteiger partial charge is 0.408 e. The van der Waals surface area contributed by atoms with E-state index in [1.807, 2.05) is 83.8 Å². The number of H-pyrrole nitrogens is 1. The van der Waals surface area contributed by atoms with Crippen molar-refractivity contribution in [3.8, 4) is 11.5 Å². The maximum Gasteiger partial charge on any atom is 0.408 e. The molecule has 12 nitrogen and oxygen atoms in total. The van der Waals surface area contributed by atoms with Crippen LogP contribution in [0.25, 0.3) is 10.9 Å². The van der Waals surface area contributed by atoms with Crippen LogP contribution in [0.15, 0.2) is 108 Å². The largest absolute Gasteiger partial charge is 0.506 e. The number of fused-ring (bicyclic) bond motifs is 4. The first kappa shape index (κ1) is 39.2. The van der Waals surface area contributed by atoms with Crippen molar-refractivity contribution >= 4 is 22.9 Å². The molecule has 2 amide bonds. The molecule has 0 saturated carbocycles. The molecule has 1 aromatic heterocycles. The lowest BCUT2D eigenvalue weighted by Crippen LogP contribution is -2.52. The minimum Gasteiger partial charge on any atom is -0.506 e. The quantitative estimate of drug-likeness (QED) is 0.0982. The average molecular weight is 786 g/mol. The van der Waals surface area contributed by atoms with Crippen molar-refractivity contribution in [1.29, 1.82) is 0 Å². The van der Waals surface area contributed by atoms with E-state index in [4.69, 9.17) is 9.47 Å². The Morgan fingerprint density at radius 3 is 2.40 bits per heavy atom. The van der Waals surface area contributed by atoms with Crippen molar-refractivity contribution in [1.82, 2.24) is 25.4 Å². The fraction of sp³-hybridized carbons (Fsp3) is 0.370. The molecule has 5 aromatic rings. The van der Waals surface area contributed by atoms with Crippen molar-refractivity contribution in [3.05, 3.63) is 141 Å². The number of aromatic amines is 1. The van der Waals surface area contributed by atoms with Gasteiger partial charge in [-0.3, -0.25) is 14.5 Å². The number of ether oxygens (including phenoxy) is 2. The van der Waals surface area contributed by atoms with Crippen LogP contribution >= 0.6 is 0 Å². The topological polar surface area (TPSA) is 156 Å². The van der Waals surface area contributed by atoms with Crippen LogP contribution in [0.5, 0.6) is 11.5 Å². The summed E-state index contributed by atoms with van der Waals surface area (Å²) in [5.74, 6) is 1.37. The Kier molecular flexibility index (Phi) is 12.0. The summed E-state index contributed by atoms with van der Waals surface area (Å²) in [6.07, 6.45) is 2.48. The summed E-state index contributed by atoms with van der Waals surface area (Å²) in [5.41, 5.74) is 3.92. The van der Waals surface area contributed by atoms with Gasteiger partial charge < -0.3 is 40.2 Å². The zero-order chi connectivity index (χ0) is 40.0. The van der Waals surface area contributed by atoms with Gasteiger partial charge in [-0.1, -0.05) is 60.7 Å². The number of phenols is 1. The number of aliphatic hydroxyl groups excluding tert-OH is 1. The van der Waals surface area contributed by atoms with Gasteiger partial charge in [0.05, 0.1) is 17.7 Å². The minimum atomic E-state index is -0.825. The van der Waals surface area contributed by atoms with Gasteiger partial charge in [0.2, 0.25) is 5.56 Å². The second-order valence-corrected chi connectivity index (χ2v) is 15.8. The number of pyridine rings is 1. The van der Waals surface area contributed by atoms with E-state index in [9.17, 15) is 24.6 Å². The van der Waals surface area contributed by atoms with Gasteiger partial charge in [0.15, 0.2) is 0 Å². The minimum absolute atomic E-state index is 0.00941. The fourth-order valence-electron chi connectivity index (χ4n) is 8.69. The number of aromatic nitrogens is 1. The Balaban J connectivity index is 0.828. The highest BCUT2D eigenvalue weighted by Gasteiger charge is 2.37. The first-order valence-corrected chi connectivity index (χ1v) is 20.4. The molecule has 0 aliphatic carbocycles. The third-order valence-corrected chi connectivity index (χ3v) is 12.0. The van der Waals surface area contributed by atoms with E-state index < -0.39 is 18.2 Å². The van der Waals surface area contributed by atoms with Gasteiger partial charge in [-0.2, -0.15) is 0 Å². The molecule has 5 N–H and O–H groups in total. The number of hydrogen-bond donors (Lipinski definition) is 5. The number of rotatable bonds is 13. The summed E-state index contributed by atoms with van der Waals surface area (Å²) in [7, 11) is 0. The second kappa shape index (κ2) is 17.8. The van der Waals surface area contributed by atoms with Crippen molar-refractivity contribution in [3.63, 3.8) is 0 Å². The number of nitrogens with zero attached hydrogens (tertiary/aromatic N) is 2. The van der Waals surface area contributed by atoms with E-state index in [2.05, 4.69) is 20.5 Å². The normalized spacial score (nSPS) is 20.4. The number of piperidine rings is 4. The lowest BCUT2D eigenvalue weighted by molar-refractivity contribution is -0.0336. The van der Waals surface area contributed by atoms with E-state index >= 15 is 0 Å². The number of nitrogens with one attached hydrogen (secondary N) is 3. The number of amides is 2. The first-order valence-electron chi connectivity index (χ1n) is 20.4. The van der Waals surface area contributed by atoms with Gasteiger partial charge >= 0.3 is 6.09 Å². The second-order valence-electron chi connectivity index (χ2n) is 15.8. The first-order chi connectivity index (χ1) is 28.3. The molecule has 4 aliphatic heterocycles. The lowest BCUT2D eigenvalue weighted by atomic mass is 9.86. The Labute approximate surface area is 337 Å². The van der Waals surface area contributed by atoms with E-state index in [0.717, 1.165) is 62.0 Å². The molecular weight excluding hydrogens is 735 g/mol.